The predicted molar refractivity (Wildman–Crippen MR) is 64.0 cm³/mol. The Balaban J connectivity index is 2.16. The maximum Gasteiger partial charge on any atom is 0.214 e. The lowest BCUT2D eigenvalue weighted by molar-refractivity contribution is -0.107. The van der Waals surface area contributed by atoms with Crippen molar-refractivity contribution in [3.63, 3.8) is 0 Å². The van der Waals surface area contributed by atoms with Crippen LogP contribution >= 0.6 is 0 Å². The topological polar surface area (TPSA) is 20.3 Å². The van der Waals surface area contributed by atoms with Gasteiger partial charge in [0.1, 0.15) is 0 Å². The molecule has 0 spiro atoms. The summed E-state index contributed by atoms with van der Waals surface area (Å²) in [5.74, 6) is 0. The second-order valence-corrected chi connectivity index (χ2v) is 3.48. The highest BCUT2D eigenvalue weighted by Gasteiger charge is 2.04. The number of amides is 1. The Morgan fingerprint density at radius 3 is 2.38 bits per heavy atom. The number of carbonyl (C=O) groups excluding carboxylic acids is 1. The van der Waals surface area contributed by atoms with Crippen LogP contribution in [0.3, 0.4) is 0 Å². The lowest BCUT2D eigenvalue weighted by atomic mass is 10.2. The Bertz CT molecular complexity index is 439. The fourth-order valence-corrected chi connectivity index (χ4v) is 1.54. The first-order valence-electron chi connectivity index (χ1n) is 5.12. The van der Waals surface area contributed by atoms with Gasteiger partial charge in [0.05, 0.1) is 6.54 Å². The van der Waals surface area contributed by atoms with Crippen LogP contribution in [0.25, 0.3) is 0 Å². The van der Waals surface area contributed by atoms with Crippen molar-refractivity contribution < 1.29 is 4.79 Å². The van der Waals surface area contributed by atoms with Gasteiger partial charge in [-0.25, -0.2) is 0 Å². The molecule has 2 rings (SSSR count). The van der Waals surface area contributed by atoms with Crippen molar-refractivity contribution in [2.24, 2.45) is 0 Å². The van der Waals surface area contributed by atoms with E-state index in [1.54, 1.807) is 17.0 Å². The molecule has 16 heavy (non-hydrogen) atoms. The molecule has 0 heterocycles. The van der Waals surface area contributed by atoms with Gasteiger partial charge in [-0.15, -0.1) is 0 Å². The molecule has 0 aliphatic heterocycles. The van der Waals surface area contributed by atoms with Crippen molar-refractivity contribution in [2.45, 2.75) is 6.54 Å². The number of nitrogens with zero attached hydrogens (tertiary/aromatic N) is 1. The van der Waals surface area contributed by atoms with Crippen LogP contribution < -0.4 is 4.90 Å². The van der Waals surface area contributed by atoms with Crippen molar-refractivity contribution in [3.8, 4) is 0 Å². The molecular formula is C14H12NO. The minimum atomic E-state index is 0.592. The minimum Gasteiger partial charge on any atom is -0.311 e. The molecule has 0 bridgehead atoms. The standard InChI is InChI=1S/C14H12NO/c16-12-15(14-9-5-2-6-10-14)11-13-7-3-1-4-8-13/h1,3-10,12H,11H2. The molecule has 0 atom stereocenters. The SMILES string of the molecule is O=CN(Cc1ccccc1)c1cc[c]cc1. The first-order valence-corrected chi connectivity index (χ1v) is 5.12. The van der Waals surface area contributed by atoms with E-state index in [9.17, 15) is 4.79 Å². The van der Waals surface area contributed by atoms with E-state index in [0.717, 1.165) is 17.7 Å². The molecule has 2 aromatic carbocycles. The summed E-state index contributed by atoms with van der Waals surface area (Å²) < 4.78 is 0. The molecule has 0 aliphatic rings. The van der Waals surface area contributed by atoms with E-state index in [1.165, 1.54) is 0 Å². The summed E-state index contributed by atoms with van der Waals surface area (Å²) in [6.45, 7) is 0.592. The quantitative estimate of drug-likeness (QED) is 0.710. The first kappa shape index (κ1) is 10.4. The Labute approximate surface area is 95.1 Å². The molecule has 0 aliphatic carbocycles. The second kappa shape index (κ2) is 5.12. The Morgan fingerprint density at radius 1 is 1.06 bits per heavy atom. The maximum absolute atomic E-state index is 11.0. The van der Waals surface area contributed by atoms with Gasteiger partial charge in [-0.1, -0.05) is 42.5 Å². The summed E-state index contributed by atoms with van der Waals surface area (Å²) in [6, 6.07) is 20.2. The van der Waals surface area contributed by atoms with Crippen LogP contribution in [-0.4, -0.2) is 6.41 Å². The highest BCUT2D eigenvalue weighted by molar-refractivity contribution is 5.74. The van der Waals surface area contributed by atoms with Gasteiger partial charge in [0.15, 0.2) is 0 Å². The predicted octanol–water partition coefficient (Wildman–Crippen LogP) is 2.65. The monoisotopic (exact) mass is 210 g/mol. The molecule has 1 radical (unpaired) electrons. The summed E-state index contributed by atoms with van der Waals surface area (Å²) in [6.07, 6.45) is 0.850. The normalized spacial score (nSPS) is 9.75. The fraction of sp³-hybridized carbons (Fsp3) is 0.0714. The van der Waals surface area contributed by atoms with Gasteiger partial charge in [-0.05, 0) is 23.8 Å². The molecule has 0 saturated carbocycles. The van der Waals surface area contributed by atoms with E-state index in [-0.39, 0.29) is 0 Å². The fourth-order valence-electron chi connectivity index (χ4n) is 1.54. The highest BCUT2D eigenvalue weighted by Crippen LogP contribution is 2.14. The van der Waals surface area contributed by atoms with E-state index < -0.39 is 0 Å². The Morgan fingerprint density at radius 2 is 1.75 bits per heavy atom. The largest absolute Gasteiger partial charge is 0.311 e. The van der Waals surface area contributed by atoms with E-state index in [1.807, 2.05) is 42.5 Å². The first-order chi connectivity index (χ1) is 7.90. The van der Waals surface area contributed by atoms with Crippen LogP contribution in [0.1, 0.15) is 5.56 Å². The van der Waals surface area contributed by atoms with Crippen LogP contribution in [0.15, 0.2) is 54.6 Å². The number of hydrogen-bond acceptors (Lipinski definition) is 1. The van der Waals surface area contributed by atoms with Gasteiger partial charge in [0.25, 0.3) is 0 Å². The highest BCUT2D eigenvalue weighted by atomic mass is 16.1. The summed E-state index contributed by atoms with van der Waals surface area (Å²) >= 11 is 0. The van der Waals surface area contributed by atoms with E-state index in [2.05, 4.69) is 6.07 Å². The second-order valence-electron chi connectivity index (χ2n) is 3.48. The van der Waals surface area contributed by atoms with Gasteiger partial charge in [-0.2, -0.15) is 0 Å². The zero-order valence-electron chi connectivity index (χ0n) is 8.84. The van der Waals surface area contributed by atoms with Crippen molar-refractivity contribution >= 4 is 12.1 Å². The average Bonchev–Trinajstić information content (AvgIpc) is 2.38. The number of rotatable bonds is 4. The van der Waals surface area contributed by atoms with Crippen LogP contribution in [0, 0.1) is 6.07 Å². The van der Waals surface area contributed by atoms with Crippen LogP contribution in [0.4, 0.5) is 5.69 Å². The molecule has 2 aromatic rings. The zero-order valence-corrected chi connectivity index (χ0v) is 8.84. The lowest BCUT2D eigenvalue weighted by Gasteiger charge is -2.17. The van der Waals surface area contributed by atoms with Crippen LogP contribution in [0.2, 0.25) is 0 Å². The number of anilines is 1. The third kappa shape index (κ3) is 2.48. The van der Waals surface area contributed by atoms with Gasteiger partial charge < -0.3 is 4.90 Å². The molecule has 2 heteroatoms. The molecular weight excluding hydrogens is 198 g/mol. The third-order valence-corrected chi connectivity index (χ3v) is 2.36. The molecule has 0 N–H and O–H groups in total. The summed E-state index contributed by atoms with van der Waals surface area (Å²) in [7, 11) is 0. The zero-order chi connectivity index (χ0) is 11.2. The molecule has 0 unspecified atom stereocenters. The summed E-state index contributed by atoms with van der Waals surface area (Å²) in [5.41, 5.74) is 2.00. The van der Waals surface area contributed by atoms with Gasteiger partial charge in [-0.3, -0.25) is 4.79 Å². The lowest BCUT2D eigenvalue weighted by Crippen LogP contribution is -2.20. The molecule has 0 aromatic heterocycles. The van der Waals surface area contributed by atoms with E-state index in [4.69, 9.17) is 0 Å². The van der Waals surface area contributed by atoms with Crippen molar-refractivity contribution in [3.05, 3.63) is 66.2 Å². The smallest absolute Gasteiger partial charge is 0.214 e. The number of carbonyl (C=O) groups is 1. The number of benzene rings is 2. The van der Waals surface area contributed by atoms with E-state index in [0.29, 0.717) is 6.54 Å². The van der Waals surface area contributed by atoms with Crippen molar-refractivity contribution in [2.75, 3.05) is 4.90 Å². The molecule has 0 saturated heterocycles. The van der Waals surface area contributed by atoms with Gasteiger partial charge >= 0.3 is 0 Å². The minimum absolute atomic E-state index is 0.592. The Kier molecular flexibility index (Phi) is 3.34. The third-order valence-electron chi connectivity index (χ3n) is 2.36. The van der Waals surface area contributed by atoms with Crippen molar-refractivity contribution in [1.29, 1.82) is 0 Å². The maximum atomic E-state index is 11.0. The summed E-state index contributed by atoms with van der Waals surface area (Å²) in [5, 5.41) is 0. The van der Waals surface area contributed by atoms with Crippen LogP contribution in [-0.2, 0) is 11.3 Å². The van der Waals surface area contributed by atoms with Crippen LogP contribution in [0.5, 0.6) is 0 Å². The summed E-state index contributed by atoms with van der Waals surface area (Å²) in [4.78, 5) is 12.7. The molecule has 2 nitrogen and oxygen atoms in total. The Hall–Kier alpha value is -2.09. The van der Waals surface area contributed by atoms with Gasteiger partial charge in [0.2, 0.25) is 6.41 Å². The molecule has 0 fully saturated rings. The molecule has 79 valence electrons. The average molecular weight is 210 g/mol. The molecule has 1 amide bonds. The number of hydrogen-bond donors (Lipinski definition) is 0. The van der Waals surface area contributed by atoms with E-state index >= 15 is 0 Å². The van der Waals surface area contributed by atoms with Crippen molar-refractivity contribution in [1.82, 2.24) is 0 Å². The van der Waals surface area contributed by atoms with Gasteiger partial charge in [0, 0.05) is 5.69 Å².